The van der Waals surface area contributed by atoms with Crippen molar-refractivity contribution in [3.05, 3.63) is 48.0 Å². The Morgan fingerprint density at radius 2 is 2.03 bits per heavy atom. The molecular weight excluding hydrogens is 370 g/mol. The highest BCUT2D eigenvalue weighted by molar-refractivity contribution is 5.94. The number of carbonyl (C=O) groups is 2. The maximum absolute atomic E-state index is 12.4. The molecule has 2 aromatic heterocycles. The van der Waals surface area contributed by atoms with Crippen molar-refractivity contribution in [3.8, 4) is 23.1 Å². The zero-order chi connectivity index (χ0) is 20.5. The Morgan fingerprint density at radius 3 is 2.72 bits per heavy atom. The van der Waals surface area contributed by atoms with E-state index in [-0.39, 0.29) is 17.5 Å². The molecule has 0 aliphatic carbocycles. The van der Waals surface area contributed by atoms with Gasteiger partial charge in [0.15, 0.2) is 0 Å². The van der Waals surface area contributed by atoms with Gasteiger partial charge in [-0.05, 0) is 37.8 Å². The number of nitrogens with two attached hydrogens (primary N) is 1. The molecule has 1 saturated heterocycles. The van der Waals surface area contributed by atoms with Crippen LogP contribution in [0.1, 0.15) is 42.0 Å². The molecule has 1 aromatic carbocycles. The summed E-state index contributed by atoms with van der Waals surface area (Å²) in [5.41, 5.74) is 8.30. The number of rotatable bonds is 3. The number of fused-ring (bicyclic) bond motifs is 1. The van der Waals surface area contributed by atoms with Crippen molar-refractivity contribution in [2.24, 2.45) is 0 Å². The minimum atomic E-state index is -0.995. The number of hydrogen-bond acceptors (Lipinski definition) is 5. The molecule has 0 spiro atoms. The Hall–Kier alpha value is -3.86. The third-order valence-corrected chi connectivity index (χ3v) is 5.06. The second kappa shape index (κ2) is 7.28. The number of amides is 1. The van der Waals surface area contributed by atoms with Crippen LogP contribution in [0.2, 0.25) is 0 Å². The molecule has 4 rings (SSSR count). The van der Waals surface area contributed by atoms with Crippen LogP contribution in [-0.2, 0) is 4.79 Å². The zero-order valence-electron chi connectivity index (χ0n) is 15.8. The van der Waals surface area contributed by atoms with E-state index >= 15 is 0 Å². The van der Waals surface area contributed by atoms with E-state index in [1.807, 2.05) is 4.40 Å². The second-order valence-electron chi connectivity index (χ2n) is 6.76. The summed E-state index contributed by atoms with van der Waals surface area (Å²) in [6, 6.07) is 6.23. The van der Waals surface area contributed by atoms with Crippen LogP contribution in [0.4, 0.5) is 5.82 Å². The van der Waals surface area contributed by atoms with Gasteiger partial charge in [-0.1, -0.05) is 18.1 Å². The monoisotopic (exact) mass is 389 g/mol. The van der Waals surface area contributed by atoms with Crippen molar-refractivity contribution in [1.82, 2.24) is 19.3 Å². The largest absolute Gasteiger partial charge is 0.478 e. The Kier molecular flexibility index (Phi) is 4.64. The summed E-state index contributed by atoms with van der Waals surface area (Å²) in [6.07, 6.45) is 5.00. The highest BCUT2D eigenvalue weighted by atomic mass is 16.4. The first-order chi connectivity index (χ1) is 14.0. The predicted molar refractivity (Wildman–Crippen MR) is 107 cm³/mol. The molecule has 1 aliphatic rings. The highest BCUT2D eigenvalue weighted by Gasteiger charge is 2.33. The van der Waals surface area contributed by atoms with Crippen LogP contribution < -0.4 is 5.73 Å². The number of aromatic carboxylic acids is 1. The number of carboxylic acids is 1. The molecular formula is C21H19N5O3. The summed E-state index contributed by atoms with van der Waals surface area (Å²) < 4.78 is 1.86. The van der Waals surface area contributed by atoms with Gasteiger partial charge in [0, 0.05) is 24.5 Å². The molecule has 8 heteroatoms. The summed E-state index contributed by atoms with van der Waals surface area (Å²) in [5, 5.41) is 9.14. The summed E-state index contributed by atoms with van der Waals surface area (Å²) >= 11 is 0. The lowest BCUT2D eigenvalue weighted by molar-refractivity contribution is -0.126. The minimum absolute atomic E-state index is 0.189. The van der Waals surface area contributed by atoms with E-state index in [0.717, 1.165) is 18.4 Å². The predicted octanol–water partition coefficient (Wildman–Crippen LogP) is 2.36. The van der Waals surface area contributed by atoms with E-state index in [1.165, 1.54) is 12.1 Å². The molecule has 0 bridgehead atoms. The minimum Gasteiger partial charge on any atom is -0.478 e. The summed E-state index contributed by atoms with van der Waals surface area (Å²) in [4.78, 5) is 34.3. The van der Waals surface area contributed by atoms with Gasteiger partial charge in [-0.15, -0.1) is 0 Å². The van der Waals surface area contributed by atoms with E-state index in [0.29, 0.717) is 29.4 Å². The van der Waals surface area contributed by atoms with E-state index < -0.39 is 5.97 Å². The maximum atomic E-state index is 12.4. The molecule has 0 radical (unpaired) electrons. The maximum Gasteiger partial charge on any atom is 0.335 e. The number of hydrogen-bond donors (Lipinski definition) is 2. The molecule has 29 heavy (non-hydrogen) atoms. The van der Waals surface area contributed by atoms with Crippen LogP contribution >= 0.6 is 0 Å². The Labute approximate surface area is 167 Å². The van der Waals surface area contributed by atoms with E-state index in [1.54, 1.807) is 36.4 Å². The number of nitrogens with zero attached hydrogens (tertiary/aromatic N) is 4. The Balaban J connectivity index is 1.86. The average Bonchev–Trinajstić information content (AvgIpc) is 3.33. The first-order valence-electron chi connectivity index (χ1n) is 9.20. The van der Waals surface area contributed by atoms with Crippen molar-refractivity contribution in [3.63, 3.8) is 0 Å². The van der Waals surface area contributed by atoms with Gasteiger partial charge in [0.1, 0.15) is 22.9 Å². The van der Waals surface area contributed by atoms with Gasteiger partial charge in [0.2, 0.25) is 0 Å². The second-order valence-corrected chi connectivity index (χ2v) is 6.76. The Morgan fingerprint density at radius 1 is 1.28 bits per heavy atom. The normalized spacial score (nSPS) is 15.9. The number of carbonyl (C=O) groups excluding carboxylic acids is 1. The molecule has 3 aromatic rings. The molecule has 1 fully saturated rings. The van der Waals surface area contributed by atoms with Crippen molar-refractivity contribution in [1.29, 1.82) is 0 Å². The molecule has 3 N–H and O–H groups in total. The van der Waals surface area contributed by atoms with Crippen molar-refractivity contribution in [2.45, 2.75) is 25.8 Å². The van der Waals surface area contributed by atoms with Gasteiger partial charge in [0.05, 0.1) is 11.6 Å². The fourth-order valence-electron chi connectivity index (χ4n) is 3.75. The average molecular weight is 389 g/mol. The number of carboxylic acid groups (broad SMARTS) is 1. The topological polar surface area (TPSA) is 114 Å². The SMILES string of the molecule is CC#CC(=O)N1CCC[C@H]1c1nc(-c2ccc(C(=O)O)cc2)c2c(N)nccn12. The number of benzene rings is 1. The third kappa shape index (κ3) is 3.17. The van der Waals surface area contributed by atoms with Crippen LogP contribution in [0, 0.1) is 11.8 Å². The molecule has 1 atom stereocenters. The van der Waals surface area contributed by atoms with E-state index in [2.05, 4.69) is 16.8 Å². The lowest BCUT2D eigenvalue weighted by Gasteiger charge is -2.21. The number of aromatic nitrogens is 3. The number of nitrogen functional groups attached to an aromatic ring is 1. The fourth-order valence-corrected chi connectivity index (χ4v) is 3.75. The Bertz CT molecular complexity index is 1170. The number of imidazole rings is 1. The summed E-state index contributed by atoms with van der Waals surface area (Å²) in [7, 11) is 0. The third-order valence-electron chi connectivity index (χ3n) is 5.06. The molecule has 0 unspecified atom stereocenters. The highest BCUT2D eigenvalue weighted by Crippen LogP contribution is 2.36. The van der Waals surface area contributed by atoms with Crippen molar-refractivity contribution >= 4 is 23.2 Å². The summed E-state index contributed by atoms with van der Waals surface area (Å²) in [5.74, 6) is 5.06. The van der Waals surface area contributed by atoms with Gasteiger partial charge in [-0.2, -0.15) is 0 Å². The summed E-state index contributed by atoms with van der Waals surface area (Å²) in [6.45, 7) is 2.26. The van der Waals surface area contributed by atoms with Gasteiger partial charge in [-0.3, -0.25) is 9.20 Å². The smallest absolute Gasteiger partial charge is 0.335 e. The molecule has 8 nitrogen and oxygen atoms in total. The van der Waals surface area contributed by atoms with Gasteiger partial charge >= 0.3 is 5.97 Å². The number of anilines is 1. The van der Waals surface area contributed by atoms with Gasteiger partial charge in [0.25, 0.3) is 5.91 Å². The van der Waals surface area contributed by atoms with Crippen LogP contribution in [0.3, 0.4) is 0 Å². The van der Waals surface area contributed by atoms with Gasteiger partial charge in [-0.25, -0.2) is 14.8 Å². The van der Waals surface area contributed by atoms with Crippen LogP contribution in [0.25, 0.3) is 16.8 Å². The molecule has 3 heterocycles. The number of likely N-dealkylation sites (tertiary alicyclic amines) is 1. The molecule has 1 aliphatic heterocycles. The van der Waals surface area contributed by atoms with Crippen LogP contribution in [-0.4, -0.2) is 42.8 Å². The fraction of sp³-hybridized carbons (Fsp3) is 0.238. The lowest BCUT2D eigenvalue weighted by atomic mass is 10.1. The van der Waals surface area contributed by atoms with Crippen molar-refractivity contribution < 1.29 is 14.7 Å². The molecule has 0 saturated carbocycles. The lowest BCUT2D eigenvalue weighted by Crippen LogP contribution is -2.30. The van der Waals surface area contributed by atoms with Crippen LogP contribution in [0.5, 0.6) is 0 Å². The first kappa shape index (κ1) is 18.5. The molecule has 1 amide bonds. The molecule has 146 valence electrons. The van der Waals surface area contributed by atoms with Crippen LogP contribution in [0.15, 0.2) is 36.7 Å². The van der Waals surface area contributed by atoms with E-state index in [9.17, 15) is 9.59 Å². The van der Waals surface area contributed by atoms with E-state index in [4.69, 9.17) is 15.8 Å². The standard InChI is InChI=1S/C21H19N5O3/c1-2-4-16(27)25-11-3-5-15(25)20-24-17(18-19(22)23-10-12-26(18)20)13-6-8-14(9-7-13)21(28)29/h6-10,12,15H,3,5,11H2,1H3,(H2,22,23)(H,28,29)/t15-/m0/s1. The van der Waals surface area contributed by atoms with Crippen molar-refractivity contribution in [2.75, 3.05) is 12.3 Å². The van der Waals surface area contributed by atoms with Gasteiger partial charge < -0.3 is 15.7 Å². The zero-order valence-corrected chi connectivity index (χ0v) is 15.8. The first-order valence-corrected chi connectivity index (χ1v) is 9.20. The quantitative estimate of drug-likeness (QED) is 0.665.